The molecule has 0 spiro atoms. The van der Waals surface area contributed by atoms with Crippen LogP contribution >= 0.6 is 0 Å². The topological polar surface area (TPSA) is 46.9 Å². The number of hydrogen-bond acceptors (Lipinski definition) is 3. The Kier molecular flexibility index (Phi) is 5.52. The van der Waals surface area contributed by atoms with Gasteiger partial charge in [-0.05, 0) is 35.9 Å². The SMILES string of the molecule is O=C(c1ccc(OCc2ccccc2)cc1)N1CCN(c2cccc[nH+]2)CC1. The summed E-state index contributed by atoms with van der Waals surface area (Å²) in [6, 6.07) is 23.5. The van der Waals surface area contributed by atoms with Gasteiger partial charge in [-0.15, -0.1) is 0 Å². The summed E-state index contributed by atoms with van der Waals surface area (Å²) in [6.07, 6.45) is 1.92. The van der Waals surface area contributed by atoms with E-state index in [-0.39, 0.29) is 5.91 Å². The standard InChI is InChI=1S/C23H23N3O2/c27-23(26-16-14-25(15-17-26)22-8-4-5-13-24-22)20-9-11-21(12-10-20)28-18-19-6-2-1-3-7-19/h1-13H,14-18H2/p+1. The number of hydrogen-bond donors (Lipinski definition) is 0. The number of carbonyl (C=O) groups excluding carboxylic acids is 1. The van der Waals surface area contributed by atoms with Crippen LogP contribution in [-0.2, 0) is 6.61 Å². The van der Waals surface area contributed by atoms with Crippen molar-refractivity contribution in [1.82, 2.24) is 4.90 Å². The van der Waals surface area contributed by atoms with Gasteiger partial charge in [-0.25, -0.2) is 4.98 Å². The van der Waals surface area contributed by atoms with Gasteiger partial charge in [-0.3, -0.25) is 9.69 Å². The molecule has 1 aliphatic heterocycles. The number of pyridine rings is 1. The maximum Gasteiger partial charge on any atom is 0.274 e. The third-order valence-electron chi connectivity index (χ3n) is 4.95. The number of amides is 1. The summed E-state index contributed by atoms with van der Waals surface area (Å²) >= 11 is 0. The van der Waals surface area contributed by atoms with Crippen LogP contribution in [0.3, 0.4) is 0 Å². The number of nitrogens with zero attached hydrogens (tertiary/aromatic N) is 2. The van der Waals surface area contributed by atoms with Crippen molar-refractivity contribution >= 4 is 11.7 Å². The predicted octanol–water partition coefficient (Wildman–Crippen LogP) is 3.04. The molecule has 1 aromatic heterocycles. The first kappa shape index (κ1) is 18.0. The van der Waals surface area contributed by atoms with Crippen LogP contribution in [0.2, 0.25) is 0 Å². The van der Waals surface area contributed by atoms with Gasteiger partial charge < -0.3 is 9.64 Å². The first-order valence-corrected chi connectivity index (χ1v) is 9.57. The highest BCUT2D eigenvalue weighted by Gasteiger charge is 2.26. The van der Waals surface area contributed by atoms with E-state index in [9.17, 15) is 4.79 Å². The molecule has 4 rings (SSSR count). The lowest BCUT2D eigenvalue weighted by Gasteiger charge is -2.31. The van der Waals surface area contributed by atoms with Crippen molar-refractivity contribution < 1.29 is 14.5 Å². The van der Waals surface area contributed by atoms with E-state index < -0.39 is 0 Å². The largest absolute Gasteiger partial charge is 0.489 e. The third-order valence-corrected chi connectivity index (χ3v) is 4.95. The highest BCUT2D eigenvalue weighted by Crippen LogP contribution is 2.17. The Morgan fingerprint density at radius 2 is 1.57 bits per heavy atom. The smallest absolute Gasteiger partial charge is 0.274 e. The summed E-state index contributed by atoms with van der Waals surface area (Å²) in [5, 5.41) is 0. The van der Waals surface area contributed by atoms with Crippen molar-refractivity contribution in [1.29, 1.82) is 0 Å². The van der Waals surface area contributed by atoms with E-state index in [4.69, 9.17) is 4.74 Å². The van der Waals surface area contributed by atoms with Gasteiger partial charge in [-0.1, -0.05) is 36.4 Å². The third kappa shape index (κ3) is 4.31. The number of piperazine rings is 1. The van der Waals surface area contributed by atoms with Crippen LogP contribution < -0.4 is 14.6 Å². The van der Waals surface area contributed by atoms with Gasteiger partial charge in [0.05, 0.1) is 19.3 Å². The van der Waals surface area contributed by atoms with E-state index in [0.29, 0.717) is 25.3 Å². The average Bonchev–Trinajstić information content (AvgIpc) is 2.79. The van der Waals surface area contributed by atoms with Crippen molar-refractivity contribution in [3.63, 3.8) is 0 Å². The van der Waals surface area contributed by atoms with Gasteiger partial charge >= 0.3 is 0 Å². The van der Waals surface area contributed by atoms with Crippen molar-refractivity contribution in [3.8, 4) is 5.75 Å². The Hall–Kier alpha value is -3.34. The number of aromatic amines is 1. The second kappa shape index (κ2) is 8.57. The minimum absolute atomic E-state index is 0.0753. The molecular weight excluding hydrogens is 350 g/mol. The molecule has 0 bridgehead atoms. The summed E-state index contributed by atoms with van der Waals surface area (Å²) in [5.74, 6) is 1.94. The van der Waals surface area contributed by atoms with Crippen LogP contribution in [0.4, 0.5) is 5.82 Å². The van der Waals surface area contributed by atoms with Crippen molar-refractivity contribution in [3.05, 3.63) is 90.1 Å². The van der Waals surface area contributed by atoms with Gasteiger partial charge in [0.15, 0.2) is 0 Å². The Morgan fingerprint density at radius 1 is 0.857 bits per heavy atom. The molecule has 0 radical (unpaired) electrons. The van der Waals surface area contributed by atoms with Gasteiger partial charge in [0.25, 0.3) is 11.7 Å². The molecule has 1 saturated heterocycles. The fourth-order valence-corrected chi connectivity index (χ4v) is 3.35. The van der Waals surface area contributed by atoms with Crippen LogP contribution in [0.25, 0.3) is 0 Å². The Morgan fingerprint density at radius 3 is 2.25 bits per heavy atom. The first-order valence-electron chi connectivity index (χ1n) is 9.57. The lowest BCUT2D eigenvalue weighted by molar-refractivity contribution is -0.364. The molecule has 0 saturated carbocycles. The number of H-pyrrole nitrogens is 1. The number of ether oxygens (including phenoxy) is 1. The molecule has 0 aliphatic carbocycles. The second-order valence-electron chi connectivity index (χ2n) is 6.83. The van der Waals surface area contributed by atoms with E-state index >= 15 is 0 Å². The lowest BCUT2D eigenvalue weighted by Crippen LogP contribution is -2.50. The maximum atomic E-state index is 12.8. The summed E-state index contributed by atoms with van der Waals surface area (Å²) in [5.41, 5.74) is 1.82. The van der Waals surface area contributed by atoms with Crippen LogP contribution in [0, 0.1) is 0 Å². The number of nitrogens with one attached hydrogen (secondary N) is 1. The monoisotopic (exact) mass is 374 g/mol. The molecule has 142 valence electrons. The van der Waals surface area contributed by atoms with Crippen molar-refractivity contribution in [2.75, 3.05) is 31.1 Å². The van der Waals surface area contributed by atoms with Gasteiger partial charge in [0, 0.05) is 11.6 Å². The highest BCUT2D eigenvalue weighted by molar-refractivity contribution is 5.94. The molecule has 28 heavy (non-hydrogen) atoms. The van der Waals surface area contributed by atoms with E-state index in [1.807, 2.05) is 77.8 Å². The Bertz CT molecular complexity index is 890. The quantitative estimate of drug-likeness (QED) is 0.690. The van der Waals surface area contributed by atoms with Crippen molar-refractivity contribution in [2.45, 2.75) is 6.61 Å². The number of rotatable bonds is 5. The van der Waals surface area contributed by atoms with Crippen LogP contribution in [-0.4, -0.2) is 37.0 Å². The van der Waals surface area contributed by atoms with Crippen LogP contribution in [0.1, 0.15) is 15.9 Å². The fraction of sp³-hybridized carbons (Fsp3) is 0.217. The van der Waals surface area contributed by atoms with Crippen molar-refractivity contribution in [2.24, 2.45) is 0 Å². The van der Waals surface area contributed by atoms with Gasteiger partial charge in [-0.2, -0.15) is 0 Å². The number of benzene rings is 2. The highest BCUT2D eigenvalue weighted by atomic mass is 16.5. The van der Waals surface area contributed by atoms with Gasteiger partial charge in [0.1, 0.15) is 25.4 Å². The first-order chi connectivity index (χ1) is 13.8. The summed E-state index contributed by atoms with van der Waals surface area (Å²) in [6.45, 7) is 3.60. The zero-order valence-electron chi connectivity index (χ0n) is 15.8. The second-order valence-corrected chi connectivity index (χ2v) is 6.83. The average molecular weight is 374 g/mol. The molecule has 1 amide bonds. The Labute approximate surface area is 165 Å². The van der Waals surface area contributed by atoms with Gasteiger partial charge in [0.2, 0.25) is 0 Å². The lowest BCUT2D eigenvalue weighted by atomic mass is 10.1. The minimum atomic E-state index is 0.0753. The maximum absolute atomic E-state index is 12.8. The number of aromatic nitrogens is 1. The minimum Gasteiger partial charge on any atom is -0.489 e. The zero-order chi connectivity index (χ0) is 19.2. The molecular formula is C23H24N3O2+. The van der Waals surface area contributed by atoms with E-state index in [2.05, 4.69) is 16.0 Å². The zero-order valence-corrected chi connectivity index (χ0v) is 15.8. The summed E-state index contributed by atoms with van der Waals surface area (Å²) in [4.78, 5) is 20.2. The van der Waals surface area contributed by atoms with E-state index in [0.717, 1.165) is 30.2 Å². The van der Waals surface area contributed by atoms with Crippen LogP contribution in [0.5, 0.6) is 5.75 Å². The molecule has 1 aliphatic rings. The molecule has 5 heteroatoms. The molecule has 2 heterocycles. The van der Waals surface area contributed by atoms with E-state index in [1.54, 1.807) is 0 Å². The van der Waals surface area contributed by atoms with Crippen LogP contribution in [0.15, 0.2) is 79.0 Å². The predicted molar refractivity (Wildman–Crippen MR) is 108 cm³/mol. The summed E-state index contributed by atoms with van der Waals surface area (Å²) < 4.78 is 5.80. The molecule has 2 aromatic carbocycles. The molecule has 3 aromatic rings. The Balaban J connectivity index is 1.31. The molecule has 1 N–H and O–H groups in total. The molecule has 5 nitrogen and oxygen atoms in total. The molecule has 0 unspecified atom stereocenters. The van der Waals surface area contributed by atoms with E-state index in [1.165, 1.54) is 0 Å². The normalized spacial score (nSPS) is 14.0. The molecule has 0 atom stereocenters. The number of carbonyl (C=O) groups is 1. The molecule has 1 fully saturated rings. The fourth-order valence-electron chi connectivity index (χ4n) is 3.35. The number of anilines is 1. The summed E-state index contributed by atoms with van der Waals surface area (Å²) in [7, 11) is 0.